The molecule has 0 aromatic heterocycles. The van der Waals surface area contributed by atoms with Gasteiger partial charge in [-0.2, -0.15) is 4.31 Å². The lowest BCUT2D eigenvalue weighted by Gasteiger charge is -2.20. The van der Waals surface area contributed by atoms with Crippen molar-refractivity contribution in [2.45, 2.75) is 4.90 Å². The van der Waals surface area contributed by atoms with E-state index in [0.717, 1.165) is 18.2 Å². The lowest BCUT2D eigenvalue weighted by atomic mass is 10.3. The molecule has 1 N–H and O–H groups in total. The van der Waals surface area contributed by atoms with Gasteiger partial charge in [0.1, 0.15) is 17.3 Å². The van der Waals surface area contributed by atoms with Crippen LogP contribution in [-0.4, -0.2) is 50.6 Å². The van der Waals surface area contributed by atoms with Gasteiger partial charge in [-0.15, -0.1) is 0 Å². The fourth-order valence-corrected chi connectivity index (χ4v) is 3.30. The summed E-state index contributed by atoms with van der Waals surface area (Å²) in [4.78, 5) is 10.3. The van der Waals surface area contributed by atoms with Gasteiger partial charge in [-0.25, -0.2) is 12.8 Å². The van der Waals surface area contributed by atoms with Gasteiger partial charge >= 0.3 is 5.97 Å². The molecule has 6 nitrogen and oxygen atoms in total. The van der Waals surface area contributed by atoms with Crippen molar-refractivity contribution in [2.75, 3.05) is 26.8 Å². The number of benzene rings is 1. The van der Waals surface area contributed by atoms with Crippen molar-refractivity contribution >= 4 is 27.6 Å². The highest BCUT2D eigenvalue weighted by atomic mass is 35.5. The molecule has 1 rings (SSSR count). The summed E-state index contributed by atoms with van der Waals surface area (Å²) in [6.45, 7) is -0.948. The summed E-state index contributed by atoms with van der Waals surface area (Å²) in [5, 5.41) is 8.58. The van der Waals surface area contributed by atoms with E-state index in [1.165, 1.54) is 7.11 Å². The number of sulfonamides is 1. The molecule has 0 aliphatic carbocycles. The van der Waals surface area contributed by atoms with Crippen LogP contribution in [0.4, 0.5) is 4.39 Å². The number of nitrogens with zero attached hydrogens (tertiary/aromatic N) is 1. The first kappa shape index (κ1) is 16.8. The van der Waals surface area contributed by atoms with Crippen molar-refractivity contribution in [1.29, 1.82) is 0 Å². The second-order valence-electron chi connectivity index (χ2n) is 3.80. The molecule has 0 bridgehead atoms. The number of hydrogen-bond donors (Lipinski definition) is 1. The van der Waals surface area contributed by atoms with Crippen LogP contribution in [0.1, 0.15) is 0 Å². The number of aliphatic carboxylic acids is 1. The standard InChI is InChI=1S/C11H13ClFNO5S/c1-19-5-4-14(7-11(15)16)20(17,18)10-6-8(13)2-3-9(10)12/h2-3,6H,4-5,7H2,1H3,(H,15,16). The van der Waals surface area contributed by atoms with Crippen LogP contribution in [0.3, 0.4) is 0 Å². The SMILES string of the molecule is COCCN(CC(=O)O)S(=O)(=O)c1cc(F)ccc1Cl. The van der Waals surface area contributed by atoms with Gasteiger partial charge in [0, 0.05) is 13.7 Å². The molecule has 0 atom stereocenters. The van der Waals surface area contributed by atoms with Gasteiger partial charge < -0.3 is 9.84 Å². The number of rotatable bonds is 7. The van der Waals surface area contributed by atoms with E-state index in [-0.39, 0.29) is 18.2 Å². The van der Waals surface area contributed by atoms with E-state index in [2.05, 4.69) is 0 Å². The molecule has 0 saturated heterocycles. The molecular formula is C11H13ClFNO5S. The molecule has 0 radical (unpaired) electrons. The molecule has 0 aliphatic heterocycles. The zero-order valence-electron chi connectivity index (χ0n) is 10.5. The van der Waals surface area contributed by atoms with E-state index >= 15 is 0 Å². The van der Waals surface area contributed by atoms with Gasteiger partial charge in [-0.3, -0.25) is 4.79 Å². The van der Waals surface area contributed by atoms with Crippen LogP contribution in [-0.2, 0) is 19.6 Å². The Hall–Kier alpha value is -1.22. The second-order valence-corrected chi connectivity index (χ2v) is 6.11. The van der Waals surface area contributed by atoms with Crippen LogP contribution in [0, 0.1) is 5.82 Å². The molecule has 112 valence electrons. The largest absolute Gasteiger partial charge is 0.480 e. The van der Waals surface area contributed by atoms with Gasteiger partial charge in [0.15, 0.2) is 0 Å². The molecule has 0 spiro atoms. The predicted octanol–water partition coefficient (Wildman–Crippen LogP) is 1.20. The van der Waals surface area contributed by atoms with Crippen LogP contribution < -0.4 is 0 Å². The Balaban J connectivity index is 3.20. The molecule has 0 amide bonds. The van der Waals surface area contributed by atoms with Crippen LogP contribution in [0.2, 0.25) is 5.02 Å². The van der Waals surface area contributed by atoms with Crippen molar-refractivity contribution in [1.82, 2.24) is 4.31 Å². The minimum atomic E-state index is -4.22. The van der Waals surface area contributed by atoms with Crippen molar-refractivity contribution in [3.63, 3.8) is 0 Å². The number of halogens is 2. The Labute approximate surface area is 120 Å². The third-order valence-corrected chi connectivity index (χ3v) is 4.69. The highest BCUT2D eigenvalue weighted by molar-refractivity contribution is 7.89. The van der Waals surface area contributed by atoms with Crippen LogP contribution in [0.15, 0.2) is 23.1 Å². The maximum atomic E-state index is 13.2. The van der Waals surface area contributed by atoms with Crippen LogP contribution in [0.25, 0.3) is 0 Å². The van der Waals surface area contributed by atoms with Crippen molar-refractivity contribution in [2.24, 2.45) is 0 Å². The summed E-state index contributed by atoms with van der Waals surface area (Å²) >= 11 is 5.74. The molecule has 0 heterocycles. The first-order valence-electron chi connectivity index (χ1n) is 5.45. The monoisotopic (exact) mass is 325 g/mol. The molecule has 0 saturated carbocycles. The average Bonchev–Trinajstić information content (AvgIpc) is 2.36. The molecule has 0 fully saturated rings. The highest BCUT2D eigenvalue weighted by Crippen LogP contribution is 2.25. The van der Waals surface area contributed by atoms with E-state index in [0.29, 0.717) is 4.31 Å². The van der Waals surface area contributed by atoms with Crippen molar-refractivity contribution < 1.29 is 27.4 Å². The average molecular weight is 326 g/mol. The summed E-state index contributed by atoms with van der Waals surface area (Å²) in [5.74, 6) is -2.12. The Morgan fingerprint density at radius 2 is 2.15 bits per heavy atom. The Morgan fingerprint density at radius 1 is 1.50 bits per heavy atom. The number of carboxylic acids is 1. The topological polar surface area (TPSA) is 83.9 Å². The van der Waals surface area contributed by atoms with Gasteiger partial charge in [-0.05, 0) is 18.2 Å². The molecule has 1 aromatic carbocycles. The predicted molar refractivity (Wildman–Crippen MR) is 69.7 cm³/mol. The number of methoxy groups -OCH3 is 1. The van der Waals surface area contributed by atoms with E-state index in [9.17, 15) is 17.6 Å². The van der Waals surface area contributed by atoms with Crippen LogP contribution >= 0.6 is 11.6 Å². The molecule has 9 heteroatoms. The lowest BCUT2D eigenvalue weighted by molar-refractivity contribution is -0.137. The first-order chi connectivity index (χ1) is 9.28. The zero-order valence-corrected chi connectivity index (χ0v) is 12.1. The van der Waals surface area contributed by atoms with Crippen molar-refractivity contribution in [3.8, 4) is 0 Å². The van der Waals surface area contributed by atoms with E-state index in [4.69, 9.17) is 21.4 Å². The van der Waals surface area contributed by atoms with E-state index < -0.39 is 33.3 Å². The van der Waals surface area contributed by atoms with Crippen LogP contribution in [0.5, 0.6) is 0 Å². The summed E-state index contributed by atoms with van der Waals surface area (Å²) in [6, 6.07) is 2.86. The van der Waals surface area contributed by atoms with E-state index in [1.807, 2.05) is 0 Å². The molecular weight excluding hydrogens is 313 g/mol. The summed E-state index contributed by atoms with van der Waals surface area (Å²) in [6.07, 6.45) is 0. The Kier molecular flexibility index (Phi) is 5.88. The minimum absolute atomic E-state index is 0.000551. The minimum Gasteiger partial charge on any atom is -0.480 e. The molecule has 1 aromatic rings. The number of ether oxygens (including phenoxy) is 1. The molecule has 0 aliphatic rings. The fraction of sp³-hybridized carbons (Fsp3) is 0.364. The Bertz CT molecular complexity index is 592. The lowest BCUT2D eigenvalue weighted by Crippen LogP contribution is -2.38. The normalized spacial score (nSPS) is 11.8. The quantitative estimate of drug-likeness (QED) is 0.814. The number of carbonyl (C=O) groups is 1. The molecule has 0 unspecified atom stereocenters. The second kappa shape index (κ2) is 6.98. The van der Waals surface area contributed by atoms with Gasteiger partial charge in [0.2, 0.25) is 10.0 Å². The van der Waals surface area contributed by atoms with Gasteiger partial charge in [-0.1, -0.05) is 11.6 Å². The van der Waals surface area contributed by atoms with Gasteiger partial charge in [0.25, 0.3) is 0 Å². The number of carboxylic acid groups (broad SMARTS) is 1. The maximum Gasteiger partial charge on any atom is 0.318 e. The highest BCUT2D eigenvalue weighted by Gasteiger charge is 2.28. The zero-order chi connectivity index (χ0) is 15.3. The number of hydrogen-bond acceptors (Lipinski definition) is 4. The van der Waals surface area contributed by atoms with E-state index in [1.54, 1.807) is 0 Å². The van der Waals surface area contributed by atoms with Crippen molar-refractivity contribution in [3.05, 3.63) is 29.0 Å². The maximum absolute atomic E-state index is 13.2. The van der Waals surface area contributed by atoms with Gasteiger partial charge in [0.05, 0.1) is 11.6 Å². The smallest absolute Gasteiger partial charge is 0.318 e. The third kappa shape index (κ3) is 4.14. The Morgan fingerprint density at radius 3 is 2.70 bits per heavy atom. The summed E-state index contributed by atoms with van der Waals surface area (Å²) < 4.78 is 43.2. The summed E-state index contributed by atoms with van der Waals surface area (Å²) in [7, 11) is -2.87. The summed E-state index contributed by atoms with van der Waals surface area (Å²) in [5.41, 5.74) is 0. The first-order valence-corrected chi connectivity index (χ1v) is 7.26. The fourth-order valence-electron chi connectivity index (χ4n) is 1.44. The third-order valence-electron chi connectivity index (χ3n) is 2.37. The molecule has 20 heavy (non-hydrogen) atoms.